The van der Waals surface area contributed by atoms with Crippen molar-refractivity contribution in [1.29, 1.82) is 0 Å². The molecule has 0 unspecified atom stereocenters. The molecule has 1 saturated carbocycles. The third-order valence-corrected chi connectivity index (χ3v) is 4.92. The van der Waals surface area contributed by atoms with Crippen LogP contribution in [0.1, 0.15) is 46.5 Å². The Morgan fingerprint density at radius 1 is 1.11 bits per heavy atom. The standard InChI is InChI=1S/C15H29N3O/c1-14(2,3)18-10-8-17(9-11-18)13(19)15(12-16)6-4-5-7-15/h4-12,16H2,1-3H3. The molecule has 0 radical (unpaired) electrons. The monoisotopic (exact) mass is 267 g/mol. The minimum Gasteiger partial charge on any atom is -0.340 e. The molecule has 2 rings (SSSR count). The lowest BCUT2D eigenvalue weighted by molar-refractivity contribution is -0.144. The SMILES string of the molecule is CC(C)(C)N1CCN(C(=O)C2(CN)CCCC2)CC1. The Morgan fingerprint density at radius 2 is 1.63 bits per heavy atom. The van der Waals surface area contributed by atoms with Gasteiger partial charge in [0.25, 0.3) is 0 Å². The first-order valence-corrected chi connectivity index (χ1v) is 7.64. The minimum absolute atomic E-state index is 0.202. The summed E-state index contributed by atoms with van der Waals surface area (Å²) in [6.45, 7) is 10.9. The lowest BCUT2D eigenvalue weighted by Gasteiger charge is -2.44. The van der Waals surface area contributed by atoms with Gasteiger partial charge in [-0.2, -0.15) is 0 Å². The molecule has 2 N–H and O–H groups in total. The number of hydrogen-bond donors (Lipinski definition) is 1. The summed E-state index contributed by atoms with van der Waals surface area (Å²) >= 11 is 0. The molecule has 0 spiro atoms. The maximum atomic E-state index is 12.7. The summed E-state index contributed by atoms with van der Waals surface area (Å²) in [5.74, 6) is 0.320. The molecular weight excluding hydrogens is 238 g/mol. The molecule has 2 aliphatic rings. The van der Waals surface area contributed by atoms with E-state index in [0.717, 1.165) is 51.9 Å². The average Bonchev–Trinajstić information content (AvgIpc) is 2.87. The van der Waals surface area contributed by atoms with Crippen molar-refractivity contribution < 1.29 is 4.79 Å². The van der Waals surface area contributed by atoms with Gasteiger partial charge in [-0.25, -0.2) is 0 Å². The number of amides is 1. The van der Waals surface area contributed by atoms with Crippen molar-refractivity contribution in [2.45, 2.75) is 52.0 Å². The van der Waals surface area contributed by atoms with Crippen LogP contribution in [0.2, 0.25) is 0 Å². The molecule has 1 saturated heterocycles. The summed E-state index contributed by atoms with van der Waals surface area (Å²) in [6.07, 6.45) is 4.29. The van der Waals surface area contributed by atoms with Crippen LogP contribution in [0.4, 0.5) is 0 Å². The molecule has 1 aliphatic carbocycles. The summed E-state index contributed by atoms with van der Waals surface area (Å²) in [5, 5.41) is 0. The van der Waals surface area contributed by atoms with Crippen LogP contribution in [0.15, 0.2) is 0 Å². The predicted octanol–water partition coefficient (Wildman–Crippen LogP) is 1.45. The Kier molecular flexibility index (Phi) is 4.21. The second-order valence-corrected chi connectivity index (χ2v) is 7.14. The molecular formula is C15H29N3O. The number of carbonyl (C=O) groups excluding carboxylic acids is 1. The van der Waals surface area contributed by atoms with Crippen LogP contribution in [0, 0.1) is 5.41 Å². The van der Waals surface area contributed by atoms with Gasteiger partial charge in [-0.3, -0.25) is 9.69 Å². The largest absolute Gasteiger partial charge is 0.340 e. The summed E-state index contributed by atoms with van der Waals surface area (Å²) < 4.78 is 0. The number of carbonyl (C=O) groups is 1. The highest BCUT2D eigenvalue weighted by atomic mass is 16.2. The van der Waals surface area contributed by atoms with Crippen molar-refractivity contribution in [2.24, 2.45) is 11.1 Å². The highest BCUT2D eigenvalue weighted by Crippen LogP contribution is 2.39. The first kappa shape index (κ1) is 14.8. The number of piperazine rings is 1. The minimum atomic E-state index is -0.232. The third-order valence-electron chi connectivity index (χ3n) is 4.92. The lowest BCUT2D eigenvalue weighted by atomic mass is 9.84. The number of nitrogens with zero attached hydrogens (tertiary/aromatic N) is 2. The van der Waals surface area contributed by atoms with Gasteiger partial charge in [0.05, 0.1) is 5.41 Å². The molecule has 0 aromatic carbocycles. The summed E-state index contributed by atoms with van der Waals surface area (Å²) in [6, 6.07) is 0. The molecule has 0 aromatic rings. The summed E-state index contributed by atoms with van der Waals surface area (Å²) in [4.78, 5) is 17.3. The van der Waals surface area contributed by atoms with Gasteiger partial charge in [-0.05, 0) is 33.6 Å². The van der Waals surface area contributed by atoms with Crippen molar-refractivity contribution in [2.75, 3.05) is 32.7 Å². The van der Waals surface area contributed by atoms with Gasteiger partial charge in [-0.15, -0.1) is 0 Å². The fourth-order valence-electron chi connectivity index (χ4n) is 3.47. The normalized spacial score (nSPS) is 24.7. The van der Waals surface area contributed by atoms with Crippen LogP contribution in [0.5, 0.6) is 0 Å². The van der Waals surface area contributed by atoms with Gasteiger partial charge in [0.15, 0.2) is 0 Å². The van der Waals surface area contributed by atoms with Crippen LogP contribution in [-0.2, 0) is 4.79 Å². The second-order valence-electron chi connectivity index (χ2n) is 7.14. The van der Waals surface area contributed by atoms with Gasteiger partial charge in [-0.1, -0.05) is 12.8 Å². The molecule has 2 fully saturated rings. The van der Waals surface area contributed by atoms with E-state index in [9.17, 15) is 4.79 Å². The topological polar surface area (TPSA) is 49.6 Å². The van der Waals surface area contributed by atoms with Crippen LogP contribution in [-0.4, -0.2) is 54.0 Å². The zero-order valence-corrected chi connectivity index (χ0v) is 12.7. The Hall–Kier alpha value is -0.610. The van der Waals surface area contributed by atoms with Crippen molar-refractivity contribution in [3.63, 3.8) is 0 Å². The Morgan fingerprint density at radius 3 is 2.05 bits per heavy atom. The lowest BCUT2D eigenvalue weighted by Crippen LogP contribution is -2.57. The summed E-state index contributed by atoms with van der Waals surface area (Å²) in [5.41, 5.74) is 5.89. The molecule has 0 aromatic heterocycles. The molecule has 19 heavy (non-hydrogen) atoms. The quantitative estimate of drug-likeness (QED) is 0.824. The fraction of sp³-hybridized carbons (Fsp3) is 0.933. The third kappa shape index (κ3) is 2.95. The Bertz CT molecular complexity index is 321. The van der Waals surface area contributed by atoms with E-state index in [1.54, 1.807) is 0 Å². The van der Waals surface area contributed by atoms with E-state index in [4.69, 9.17) is 5.73 Å². The number of hydrogen-bond acceptors (Lipinski definition) is 3. The number of nitrogens with two attached hydrogens (primary N) is 1. The van der Waals surface area contributed by atoms with Crippen molar-refractivity contribution in [3.8, 4) is 0 Å². The van der Waals surface area contributed by atoms with E-state index in [1.807, 2.05) is 0 Å². The maximum absolute atomic E-state index is 12.7. The van der Waals surface area contributed by atoms with Gasteiger partial charge < -0.3 is 10.6 Å². The average molecular weight is 267 g/mol. The van der Waals surface area contributed by atoms with Crippen LogP contribution < -0.4 is 5.73 Å². The predicted molar refractivity (Wildman–Crippen MR) is 77.9 cm³/mol. The van der Waals surface area contributed by atoms with Crippen LogP contribution in [0.25, 0.3) is 0 Å². The number of rotatable bonds is 2. The molecule has 0 bridgehead atoms. The van der Waals surface area contributed by atoms with E-state index >= 15 is 0 Å². The van der Waals surface area contributed by atoms with Gasteiger partial charge in [0.2, 0.25) is 5.91 Å². The van der Waals surface area contributed by atoms with E-state index in [-0.39, 0.29) is 11.0 Å². The first-order chi connectivity index (χ1) is 8.89. The highest BCUT2D eigenvalue weighted by molar-refractivity contribution is 5.83. The van der Waals surface area contributed by atoms with Gasteiger partial charge >= 0.3 is 0 Å². The molecule has 4 heteroatoms. The smallest absolute Gasteiger partial charge is 0.230 e. The van der Waals surface area contributed by atoms with E-state index in [2.05, 4.69) is 30.6 Å². The molecule has 1 amide bonds. The van der Waals surface area contributed by atoms with E-state index in [0.29, 0.717) is 12.5 Å². The Labute approximate surface area is 117 Å². The zero-order chi connectivity index (χ0) is 14.1. The zero-order valence-electron chi connectivity index (χ0n) is 12.7. The van der Waals surface area contributed by atoms with Gasteiger partial charge in [0.1, 0.15) is 0 Å². The molecule has 4 nitrogen and oxygen atoms in total. The summed E-state index contributed by atoms with van der Waals surface area (Å²) in [7, 11) is 0. The van der Waals surface area contributed by atoms with Crippen molar-refractivity contribution in [1.82, 2.24) is 9.80 Å². The van der Waals surface area contributed by atoms with E-state index in [1.165, 1.54) is 0 Å². The maximum Gasteiger partial charge on any atom is 0.230 e. The van der Waals surface area contributed by atoms with Crippen LogP contribution >= 0.6 is 0 Å². The first-order valence-electron chi connectivity index (χ1n) is 7.64. The fourth-order valence-corrected chi connectivity index (χ4v) is 3.47. The van der Waals surface area contributed by atoms with Crippen molar-refractivity contribution in [3.05, 3.63) is 0 Å². The second kappa shape index (κ2) is 5.41. The highest BCUT2D eigenvalue weighted by Gasteiger charge is 2.43. The molecule has 110 valence electrons. The molecule has 0 atom stereocenters. The molecule has 1 heterocycles. The van der Waals surface area contributed by atoms with Crippen LogP contribution in [0.3, 0.4) is 0 Å². The Balaban J connectivity index is 1.96. The van der Waals surface area contributed by atoms with E-state index < -0.39 is 0 Å². The van der Waals surface area contributed by atoms with Gasteiger partial charge in [0, 0.05) is 38.3 Å². The molecule has 1 aliphatic heterocycles. The van der Waals surface area contributed by atoms with Crippen molar-refractivity contribution >= 4 is 5.91 Å².